The average molecular weight is 447 g/mol. The van der Waals surface area contributed by atoms with Gasteiger partial charge in [-0.05, 0) is 61.1 Å². The van der Waals surface area contributed by atoms with E-state index < -0.39 is 0 Å². The summed E-state index contributed by atoms with van der Waals surface area (Å²) in [5, 5.41) is 8.17. The number of hydrogen-bond acceptors (Lipinski definition) is 3. The first kappa shape index (κ1) is 20.5. The molecule has 1 aliphatic carbocycles. The van der Waals surface area contributed by atoms with Crippen LogP contribution in [0.1, 0.15) is 45.6 Å². The summed E-state index contributed by atoms with van der Waals surface area (Å²) in [5.74, 6) is -0.143. The minimum absolute atomic E-state index is 0.0204. The van der Waals surface area contributed by atoms with Crippen molar-refractivity contribution in [3.05, 3.63) is 104 Å². The van der Waals surface area contributed by atoms with Gasteiger partial charge in [0, 0.05) is 35.1 Å². The molecular weight excluding hydrogens is 424 g/mol. The van der Waals surface area contributed by atoms with Crippen LogP contribution in [0.4, 0.5) is 0 Å². The van der Waals surface area contributed by atoms with Crippen LogP contribution in [0, 0.1) is 0 Å². The first-order valence-electron chi connectivity index (χ1n) is 10.8. The Balaban J connectivity index is 1.30. The van der Waals surface area contributed by atoms with Crippen LogP contribution in [0.15, 0.2) is 65.7 Å². The smallest absolute Gasteiger partial charge is 0.277 e. The molecular formula is C25H23ClN4O2. The number of carbonyl (C=O) groups excluding carboxylic acids is 1. The average Bonchev–Trinajstić information content (AvgIpc) is 3.20. The van der Waals surface area contributed by atoms with Crippen molar-refractivity contribution >= 4 is 23.0 Å². The zero-order chi connectivity index (χ0) is 22.1. The highest BCUT2D eigenvalue weighted by molar-refractivity contribution is 6.30. The number of aromatic nitrogens is 3. The second-order valence-electron chi connectivity index (χ2n) is 8.16. The number of halogens is 1. The van der Waals surface area contributed by atoms with Gasteiger partial charge in [-0.25, -0.2) is 4.52 Å². The monoisotopic (exact) mass is 446 g/mol. The normalized spacial score (nSPS) is 13.2. The molecule has 1 amide bonds. The van der Waals surface area contributed by atoms with Crippen molar-refractivity contribution in [2.24, 2.45) is 0 Å². The van der Waals surface area contributed by atoms with E-state index in [-0.39, 0.29) is 11.5 Å². The molecule has 0 saturated carbocycles. The van der Waals surface area contributed by atoms with E-state index in [1.165, 1.54) is 0 Å². The van der Waals surface area contributed by atoms with Gasteiger partial charge in [-0.2, -0.15) is 5.10 Å². The molecule has 4 aromatic rings. The third-order valence-electron chi connectivity index (χ3n) is 5.97. The first-order chi connectivity index (χ1) is 15.6. The number of nitrogens with zero attached hydrogens (tertiary/aromatic N) is 3. The van der Waals surface area contributed by atoms with Gasteiger partial charge in [-0.3, -0.25) is 9.59 Å². The van der Waals surface area contributed by atoms with Gasteiger partial charge in [0.05, 0.1) is 12.2 Å². The molecule has 2 aromatic carbocycles. The Kier molecular flexibility index (Phi) is 5.53. The second-order valence-corrected chi connectivity index (χ2v) is 8.60. The third-order valence-corrected chi connectivity index (χ3v) is 6.22. The first-order valence-corrected chi connectivity index (χ1v) is 11.2. The molecule has 0 saturated heterocycles. The lowest BCUT2D eigenvalue weighted by atomic mass is 9.97. The number of amides is 1. The van der Waals surface area contributed by atoms with Crippen molar-refractivity contribution in [3.8, 4) is 0 Å². The summed E-state index contributed by atoms with van der Waals surface area (Å²) in [6.45, 7) is 0.880. The van der Waals surface area contributed by atoms with Gasteiger partial charge in [-0.15, -0.1) is 0 Å². The molecule has 0 fully saturated rings. The van der Waals surface area contributed by atoms with Crippen LogP contribution < -0.4 is 10.9 Å². The summed E-state index contributed by atoms with van der Waals surface area (Å²) in [4.78, 5) is 25.6. The number of fused-ring (bicyclic) bond motifs is 3. The van der Waals surface area contributed by atoms with Crippen molar-refractivity contribution in [3.63, 3.8) is 0 Å². The molecule has 0 radical (unpaired) electrons. The third kappa shape index (κ3) is 4.06. The Labute approximate surface area is 190 Å². The van der Waals surface area contributed by atoms with Crippen molar-refractivity contribution in [2.45, 2.75) is 38.8 Å². The molecule has 0 spiro atoms. The van der Waals surface area contributed by atoms with Crippen molar-refractivity contribution in [1.29, 1.82) is 0 Å². The van der Waals surface area contributed by atoms with Crippen LogP contribution >= 0.6 is 11.6 Å². The minimum Gasteiger partial charge on any atom is -0.348 e. The summed E-state index contributed by atoms with van der Waals surface area (Å²) in [5.41, 5.74) is 5.35. The molecule has 1 N–H and O–H groups in total. The van der Waals surface area contributed by atoms with Crippen LogP contribution in [0.2, 0.25) is 5.02 Å². The molecule has 1 aliphatic rings. The Hall–Kier alpha value is -3.38. The van der Waals surface area contributed by atoms with Crippen molar-refractivity contribution in [2.75, 3.05) is 0 Å². The van der Waals surface area contributed by atoms with Gasteiger partial charge >= 0.3 is 0 Å². The molecule has 0 atom stereocenters. The molecule has 6 nitrogen and oxygen atoms in total. The highest BCUT2D eigenvalue weighted by Crippen LogP contribution is 2.22. The molecule has 0 unspecified atom stereocenters. The highest BCUT2D eigenvalue weighted by atomic mass is 35.5. The fourth-order valence-electron chi connectivity index (χ4n) is 4.22. The van der Waals surface area contributed by atoms with Crippen molar-refractivity contribution in [1.82, 2.24) is 19.5 Å². The molecule has 0 bridgehead atoms. The fourth-order valence-corrected chi connectivity index (χ4v) is 4.35. The maximum atomic E-state index is 13.1. The minimum atomic E-state index is -0.143. The van der Waals surface area contributed by atoms with E-state index in [4.69, 9.17) is 11.6 Å². The number of nitrogens with one attached hydrogen (secondary N) is 1. The Bertz CT molecular complexity index is 1340. The number of hydrogen-bond donors (Lipinski definition) is 1. The lowest BCUT2D eigenvalue weighted by molar-refractivity contribution is 0.0951. The fraction of sp³-hybridized carbons (Fsp3) is 0.240. The van der Waals surface area contributed by atoms with Gasteiger partial charge in [0.2, 0.25) is 0 Å². The molecule has 162 valence electrons. The summed E-state index contributed by atoms with van der Waals surface area (Å²) in [6.07, 6.45) is 7.72. The van der Waals surface area contributed by atoms with Gasteiger partial charge in [0.15, 0.2) is 0 Å². The number of aryl methyl sites for hydroxylation is 2. The lowest BCUT2D eigenvalue weighted by Gasteiger charge is -2.10. The summed E-state index contributed by atoms with van der Waals surface area (Å²) in [7, 11) is 0. The molecule has 5 rings (SSSR count). The zero-order valence-electron chi connectivity index (χ0n) is 17.6. The molecule has 32 heavy (non-hydrogen) atoms. The maximum absolute atomic E-state index is 13.1. The SMILES string of the molecule is O=C(NCc1ccc(Cl)cc1)c1ccc(Cn2ccn3nc4c(c3c2=O)CCCC4)cc1. The molecule has 0 aliphatic heterocycles. The zero-order valence-corrected chi connectivity index (χ0v) is 18.3. The number of rotatable bonds is 5. The van der Waals surface area contributed by atoms with Gasteiger partial charge in [0.25, 0.3) is 11.5 Å². The van der Waals surface area contributed by atoms with Gasteiger partial charge < -0.3 is 9.88 Å². The van der Waals surface area contributed by atoms with Gasteiger partial charge in [-0.1, -0.05) is 35.9 Å². The van der Waals surface area contributed by atoms with Crippen LogP contribution in [-0.4, -0.2) is 20.1 Å². The molecule has 7 heteroatoms. The Morgan fingerprint density at radius 2 is 1.69 bits per heavy atom. The number of benzene rings is 2. The summed E-state index contributed by atoms with van der Waals surface area (Å²) < 4.78 is 3.43. The largest absolute Gasteiger partial charge is 0.348 e. The van der Waals surface area contributed by atoms with Crippen LogP contribution in [0.5, 0.6) is 0 Å². The Morgan fingerprint density at radius 3 is 2.47 bits per heavy atom. The predicted octanol–water partition coefficient (Wildman–Crippen LogP) is 4.01. The van der Waals surface area contributed by atoms with E-state index in [9.17, 15) is 9.59 Å². The van der Waals surface area contributed by atoms with E-state index in [0.717, 1.165) is 48.1 Å². The maximum Gasteiger partial charge on any atom is 0.277 e. The van der Waals surface area contributed by atoms with Crippen LogP contribution in [0.25, 0.3) is 5.52 Å². The van der Waals surface area contributed by atoms with Gasteiger partial charge in [0.1, 0.15) is 5.52 Å². The van der Waals surface area contributed by atoms with Crippen molar-refractivity contribution < 1.29 is 4.79 Å². The molecule has 2 heterocycles. The highest BCUT2D eigenvalue weighted by Gasteiger charge is 2.19. The quantitative estimate of drug-likeness (QED) is 0.503. The van der Waals surface area contributed by atoms with Crippen LogP contribution in [-0.2, 0) is 25.9 Å². The van der Waals surface area contributed by atoms with E-state index >= 15 is 0 Å². The lowest BCUT2D eigenvalue weighted by Crippen LogP contribution is -2.23. The predicted molar refractivity (Wildman–Crippen MR) is 124 cm³/mol. The van der Waals surface area contributed by atoms with E-state index in [2.05, 4.69) is 10.4 Å². The number of carbonyl (C=O) groups is 1. The van der Waals surface area contributed by atoms with E-state index in [0.29, 0.717) is 29.2 Å². The molecule has 2 aromatic heterocycles. The second kappa shape index (κ2) is 8.63. The van der Waals surface area contributed by atoms with E-state index in [1.807, 2.05) is 30.5 Å². The summed E-state index contributed by atoms with van der Waals surface area (Å²) >= 11 is 5.89. The standard InChI is InChI=1S/C25H23ClN4O2/c26-20-11-7-17(8-12-20)15-27-24(31)19-9-5-18(6-10-19)16-29-13-14-30-23(25(29)32)21-3-1-2-4-22(21)28-30/h5-14H,1-4,15-16H2,(H,27,31). The van der Waals surface area contributed by atoms with Crippen LogP contribution in [0.3, 0.4) is 0 Å². The summed E-state index contributed by atoms with van der Waals surface area (Å²) in [6, 6.07) is 14.7. The Morgan fingerprint density at radius 1 is 0.969 bits per heavy atom. The van der Waals surface area contributed by atoms with E-state index in [1.54, 1.807) is 39.5 Å². The topological polar surface area (TPSA) is 68.4 Å².